The van der Waals surface area contributed by atoms with Gasteiger partial charge in [-0.2, -0.15) is 0 Å². The van der Waals surface area contributed by atoms with E-state index < -0.39 is 17.8 Å². The van der Waals surface area contributed by atoms with Gasteiger partial charge in [-0.1, -0.05) is 49.6 Å². The molecular formula is C29H29FN2O4. The van der Waals surface area contributed by atoms with Gasteiger partial charge in [0.05, 0.1) is 0 Å². The second-order valence-electron chi connectivity index (χ2n) is 9.33. The summed E-state index contributed by atoms with van der Waals surface area (Å²) in [4.78, 5) is 29.4. The molecule has 1 aliphatic heterocycles. The van der Waals surface area contributed by atoms with E-state index >= 15 is 0 Å². The standard InChI is InChI=1S/C29H29FN2O4/c1-19-8-5-6-13-24(19)27(28(33)31-22-10-3-2-4-11-22)32(23-12-7-9-21(30)17-23)29(34)20-14-15-25-26(16-20)36-18-35-25/h5-9,12-17,22,27H,2-4,10-11,18H2,1H3,(H,31,33). The number of aryl methyl sites for hydroxylation is 1. The van der Waals surface area contributed by atoms with Crippen molar-refractivity contribution >= 4 is 17.5 Å². The Hall–Kier alpha value is -3.87. The van der Waals surface area contributed by atoms with Crippen LogP contribution in [-0.4, -0.2) is 24.6 Å². The molecule has 1 atom stereocenters. The molecule has 0 bridgehead atoms. The zero-order chi connectivity index (χ0) is 25.1. The van der Waals surface area contributed by atoms with Crippen molar-refractivity contribution in [1.29, 1.82) is 0 Å². The first-order valence-electron chi connectivity index (χ1n) is 12.4. The summed E-state index contributed by atoms with van der Waals surface area (Å²) in [5, 5.41) is 3.19. The van der Waals surface area contributed by atoms with Gasteiger partial charge in [0.15, 0.2) is 11.5 Å². The minimum Gasteiger partial charge on any atom is -0.454 e. The van der Waals surface area contributed by atoms with E-state index in [4.69, 9.17) is 9.47 Å². The summed E-state index contributed by atoms with van der Waals surface area (Å²) in [6.07, 6.45) is 5.09. The van der Waals surface area contributed by atoms with Crippen molar-refractivity contribution in [1.82, 2.24) is 5.32 Å². The fourth-order valence-electron chi connectivity index (χ4n) is 5.00. The molecule has 1 saturated carbocycles. The minimum absolute atomic E-state index is 0.0489. The molecule has 186 valence electrons. The molecule has 1 unspecified atom stereocenters. The molecule has 1 aliphatic carbocycles. The second-order valence-corrected chi connectivity index (χ2v) is 9.33. The molecule has 3 aromatic rings. The lowest BCUT2D eigenvalue weighted by molar-refractivity contribution is -0.123. The number of nitrogens with zero attached hydrogens (tertiary/aromatic N) is 1. The van der Waals surface area contributed by atoms with Crippen LogP contribution in [0.25, 0.3) is 0 Å². The van der Waals surface area contributed by atoms with Gasteiger partial charge in [-0.25, -0.2) is 4.39 Å². The Morgan fingerprint density at radius 3 is 2.50 bits per heavy atom. The summed E-state index contributed by atoms with van der Waals surface area (Å²) in [5.41, 5.74) is 2.16. The number of hydrogen-bond acceptors (Lipinski definition) is 4. The maximum Gasteiger partial charge on any atom is 0.259 e. The molecule has 36 heavy (non-hydrogen) atoms. The fourth-order valence-corrected chi connectivity index (χ4v) is 5.00. The summed E-state index contributed by atoms with van der Waals surface area (Å²) < 4.78 is 25.3. The highest BCUT2D eigenvalue weighted by Gasteiger charge is 2.36. The highest BCUT2D eigenvalue weighted by molar-refractivity contribution is 6.10. The molecule has 2 aliphatic rings. The van der Waals surface area contributed by atoms with Crippen LogP contribution in [-0.2, 0) is 4.79 Å². The van der Waals surface area contributed by atoms with Gasteiger partial charge in [-0.15, -0.1) is 0 Å². The number of hydrogen-bond donors (Lipinski definition) is 1. The van der Waals surface area contributed by atoms with Crippen LogP contribution in [0.3, 0.4) is 0 Å². The van der Waals surface area contributed by atoms with E-state index in [-0.39, 0.29) is 18.7 Å². The van der Waals surface area contributed by atoms with Crippen molar-refractivity contribution in [3.05, 3.63) is 89.2 Å². The zero-order valence-electron chi connectivity index (χ0n) is 20.2. The molecule has 3 aromatic carbocycles. The number of halogens is 1. The third-order valence-electron chi connectivity index (χ3n) is 6.87. The van der Waals surface area contributed by atoms with E-state index in [1.165, 1.54) is 17.0 Å². The number of amides is 2. The van der Waals surface area contributed by atoms with Crippen molar-refractivity contribution in [3.63, 3.8) is 0 Å². The van der Waals surface area contributed by atoms with Crippen LogP contribution >= 0.6 is 0 Å². The smallest absolute Gasteiger partial charge is 0.259 e. The second kappa shape index (κ2) is 10.4. The van der Waals surface area contributed by atoms with Crippen molar-refractivity contribution in [2.24, 2.45) is 0 Å². The molecular weight excluding hydrogens is 459 g/mol. The van der Waals surface area contributed by atoms with Gasteiger partial charge in [0.2, 0.25) is 12.7 Å². The number of carbonyl (C=O) groups excluding carboxylic acids is 2. The molecule has 1 N–H and O–H groups in total. The first-order chi connectivity index (χ1) is 17.5. The van der Waals surface area contributed by atoms with Crippen LogP contribution in [0.2, 0.25) is 0 Å². The molecule has 0 aromatic heterocycles. The third kappa shape index (κ3) is 4.91. The molecule has 6 nitrogen and oxygen atoms in total. The SMILES string of the molecule is Cc1ccccc1C(C(=O)NC1CCCCC1)N(C(=O)c1ccc2c(c1)OCO2)c1cccc(F)c1. The minimum atomic E-state index is -0.993. The highest BCUT2D eigenvalue weighted by Crippen LogP contribution is 2.36. The Morgan fingerprint density at radius 1 is 0.944 bits per heavy atom. The van der Waals surface area contributed by atoms with Crippen LogP contribution in [0.15, 0.2) is 66.7 Å². The number of rotatable bonds is 6. The van der Waals surface area contributed by atoms with E-state index in [0.717, 1.165) is 37.7 Å². The lowest BCUT2D eigenvalue weighted by Crippen LogP contribution is -2.47. The Morgan fingerprint density at radius 2 is 1.72 bits per heavy atom. The summed E-state index contributed by atoms with van der Waals surface area (Å²) in [7, 11) is 0. The maximum absolute atomic E-state index is 14.4. The Bertz CT molecular complexity index is 1270. The van der Waals surface area contributed by atoms with Crippen molar-refractivity contribution in [2.45, 2.75) is 51.1 Å². The van der Waals surface area contributed by atoms with E-state index in [0.29, 0.717) is 28.3 Å². The summed E-state index contributed by atoms with van der Waals surface area (Å²) >= 11 is 0. The first-order valence-corrected chi connectivity index (χ1v) is 12.4. The number of ether oxygens (including phenoxy) is 2. The molecule has 2 amide bonds. The Kier molecular flexibility index (Phi) is 6.89. The fraction of sp³-hybridized carbons (Fsp3) is 0.310. The summed E-state index contributed by atoms with van der Waals surface area (Å²) in [5.74, 6) is -0.207. The maximum atomic E-state index is 14.4. The molecule has 1 heterocycles. The Balaban J connectivity index is 1.61. The van der Waals surface area contributed by atoms with Crippen molar-refractivity contribution in [3.8, 4) is 11.5 Å². The predicted molar refractivity (Wildman–Crippen MR) is 135 cm³/mol. The van der Waals surface area contributed by atoms with Gasteiger partial charge >= 0.3 is 0 Å². The largest absolute Gasteiger partial charge is 0.454 e. The number of benzene rings is 3. The quantitative estimate of drug-likeness (QED) is 0.483. The lowest BCUT2D eigenvalue weighted by atomic mass is 9.93. The normalized spacial score (nSPS) is 15.8. The monoisotopic (exact) mass is 488 g/mol. The van der Waals surface area contributed by atoms with Crippen LogP contribution in [0.1, 0.15) is 59.6 Å². The topological polar surface area (TPSA) is 67.9 Å². The molecule has 0 radical (unpaired) electrons. The van der Waals surface area contributed by atoms with Crippen LogP contribution in [0.4, 0.5) is 10.1 Å². The Labute approximate surface area is 210 Å². The average molecular weight is 489 g/mol. The van der Waals surface area contributed by atoms with Gasteiger partial charge in [0.1, 0.15) is 11.9 Å². The van der Waals surface area contributed by atoms with Gasteiger partial charge in [-0.05, 0) is 67.3 Å². The third-order valence-corrected chi connectivity index (χ3v) is 6.87. The molecule has 0 saturated heterocycles. The van der Waals surface area contributed by atoms with Crippen LogP contribution < -0.4 is 19.7 Å². The van der Waals surface area contributed by atoms with Crippen LogP contribution in [0.5, 0.6) is 11.5 Å². The van der Waals surface area contributed by atoms with Crippen LogP contribution in [0, 0.1) is 12.7 Å². The molecule has 5 rings (SSSR count). The molecule has 0 spiro atoms. The zero-order valence-corrected chi connectivity index (χ0v) is 20.2. The van der Waals surface area contributed by atoms with Gasteiger partial charge in [0.25, 0.3) is 5.91 Å². The number of nitrogens with one attached hydrogen (secondary N) is 1. The van der Waals surface area contributed by atoms with Gasteiger partial charge in [0, 0.05) is 17.3 Å². The van der Waals surface area contributed by atoms with Crippen molar-refractivity contribution in [2.75, 3.05) is 11.7 Å². The summed E-state index contributed by atoms with van der Waals surface area (Å²) in [6, 6.07) is 17.2. The predicted octanol–water partition coefficient (Wildman–Crippen LogP) is 5.70. The molecule has 7 heteroatoms. The highest BCUT2D eigenvalue weighted by atomic mass is 19.1. The lowest BCUT2D eigenvalue weighted by Gasteiger charge is -2.34. The first kappa shape index (κ1) is 23.9. The summed E-state index contributed by atoms with van der Waals surface area (Å²) in [6.45, 7) is 1.99. The molecule has 1 fully saturated rings. The van der Waals surface area contributed by atoms with E-state index in [1.807, 2.05) is 31.2 Å². The van der Waals surface area contributed by atoms with E-state index in [1.54, 1.807) is 30.3 Å². The van der Waals surface area contributed by atoms with E-state index in [9.17, 15) is 14.0 Å². The van der Waals surface area contributed by atoms with Crippen molar-refractivity contribution < 1.29 is 23.5 Å². The number of anilines is 1. The van der Waals surface area contributed by atoms with E-state index in [2.05, 4.69) is 5.32 Å². The van der Waals surface area contributed by atoms with Gasteiger partial charge in [-0.3, -0.25) is 14.5 Å². The number of carbonyl (C=O) groups is 2. The van der Waals surface area contributed by atoms with Gasteiger partial charge < -0.3 is 14.8 Å². The average Bonchev–Trinajstić information content (AvgIpc) is 3.36. The number of fused-ring (bicyclic) bond motifs is 1.